The Morgan fingerprint density at radius 3 is 1.58 bits per heavy atom. The minimum atomic E-state index is -3.82. The van der Waals surface area contributed by atoms with Crippen molar-refractivity contribution in [1.29, 1.82) is 0 Å². The Morgan fingerprint density at radius 2 is 1.20 bits per heavy atom. The third-order valence-electron chi connectivity index (χ3n) is 29.5. The number of rotatable bonds is 27. The number of aliphatic carboxylic acids is 1. The number of carboxylic acids is 1. The second-order valence-electron chi connectivity index (χ2n) is 42.0. The van der Waals surface area contributed by atoms with E-state index in [1.807, 2.05) is 64.0 Å². The number of methoxy groups -OCH3 is 4. The number of nitrogens with zero attached hydrogens (tertiary/aromatic N) is 5. The fraction of sp³-hybridized carbons (Fsp3) is 0.660. The van der Waals surface area contributed by atoms with Crippen LogP contribution in [0.3, 0.4) is 0 Å². The fourth-order valence-electron chi connectivity index (χ4n) is 16.1. The van der Waals surface area contributed by atoms with Gasteiger partial charge in [-0.25, -0.2) is 35.9 Å². The Hall–Kier alpha value is -8.87. The molecule has 2 aromatic carbocycles. The van der Waals surface area contributed by atoms with Gasteiger partial charge < -0.3 is 87.7 Å². The first-order valence-electron chi connectivity index (χ1n) is 49.4. The first kappa shape index (κ1) is 127. The van der Waals surface area contributed by atoms with Crippen molar-refractivity contribution >= 4 is 106 Å². The third kappa shape index (κ3) is 40.9. The molecule has 796 valence electrons. The molecule has 3 aromatic heterocycles. The monoisotopic (exact) mass is 2050 g/mol. The number of fused-ring (bicyclic) bond motifs is 1. The van der Waals surface area contributed by atoms with Gasteiger partial charge >= 0.3 is 47.8 Å². The lowest BCUT2D eigenvalue weighted by atomic mass is 9.64. The molecule has 30 nitrogen and oxygen atoms in total. The first-order valence-corrected chi connectivity index (χ1v) is 51.2. The summed E-state index contributed by atoms with van der Waals surface area (Å²) >= 11 is 5.67. The average molecular weight is 2050 g/mol. The van der Waals surface area contributed by atoms with Crippen molar-refractivity contribution in [3.8, 4) is 0 Å². The van der Waals surface area contributed by atoms with Gasteiger partial charge in [-0.3, -0.25) is 33.6 Å². The number of nitrogens with two attached hydrogens (primary N) is 1. The fourth-order valence-corrected chi connectivity index (χ4v) is 17.6. The molecular weight excluding hydrogens is 1890 g/mol. The van der Waals surface area contributed by atoms with Crippen LogP contribution in [0.2, 0.25) is 5.28 Å². The molecule has 4 atom stereocenters. The number of hydrogen-bond acceptors (Lipinski definition) is 27. The number of carboxylic acid groups (broad SMARTS) is 1. The number of aryl methyl sites for hydroxylation is 1. The highest BCUT2D eigenvalue weighted by Crippen LogP contribution is 2.50. The van der Waals surface area contributed by atoms with Gasteiger partial charge in [0, 0.05) is 47.2 Å². The molecule has 9 saturated carbocycles. The first-order chi connectivity index (χ1) is 65.9. The summed E-state index contributed by atoms with van der Waals surface area (Å²) in [6.45, 7) is 34.2. The van der Waals surface area contributed by atoms with Crippen LogP contribution in [0.1, 0.15) is 314 Å². The van der Waals surface area contributed by atoms with Gasteiger partial charge in [0.05, 0.1) is 126 Å². The maximum atomic E-state index is 13.7. The van der Waals surface area contributed by atoms with Gasteiger partial charge in [-0.1, -0.05) is 172 Å². The number of aromatic nitrogens is 4. The number of carbonyl (C=O) groups is 9. The molecule has 0 bridgehead atoms. The number of nitrogens with one attached hydrogen (secondary N) is 1. The highest BCUT2D eigenvalue weighted by Gasteiger charge is 2.50. The van der Waals surface area contributed by atoms with Crippen molar-refractivity contribution in [2.45, 2.75) is 356 Å². The van der Waals surface area contributed by atoms with Crippen molar-refractivity contribution in [3.63, 3.8) is 0 Å². The lowest BCUT2D eigenvalue weighted by Crippen LogP contribution is -3.00. The Kier molecular flexibility index (Phi) is 52.9. The second kappa shape index (κ2) is 59.1. The molecule has 36 heteroatoms. The lowest BCUT2D eigenvalue weighted by molar-refractivity contribution is -0.452. The molecule has 15 rings (SSSR count). The Bertz CT molecular complexity index is 4910. The van der Waals surface area contributed by atoms with Crippen LogP contribution in [-0.4, -0.2) is 198 Å². The van der Waals surface area contributed by atoms with Gasteiger partial charge in [-0.2, -0.15) is 4.98 Å². The predicted molar refractivity (Wildman–Crippen MR) is 540 cm³/mol. The molecule has 1 saturated heterocycles. The number of aldehydes is 1. The number of pyridine rings is 1. The van der Waals surface area contributed by atoms with E-state index in [1.54, 1.807) is 39.8 Å². The number of benzene rings is 2. The van der Waals surface area contributed by atoms with Crippen molar-refractivity contribution in [2.75, 3.05) is 53.6 Å². The largest absolute Gasteiger partial charge is 1.00 e. The molecule has 142 heavy (non-hydrogen) atoms. The summed E-state index contributed by atoms with van der Waals surface area (Å²) < 4.78 is 80.9. The van der Waals surface area contributed by atoms with Crippen LogP contribution in [0.5, 0.6) is 0 Å². The van der Waals surface area contributed by atoms with Crippen LogP contribution in [0.25, 0.3) is 11.0 Å². The SMILES string of the molecule is C=CCC(=O)OC.CC(C)(O)C(C)(C)O.CC1(C(N)CC(=O)O)CCC1.CC1(C2CC(=O)ON2Cc2ccccc2)CCC1.CC1(C=O)CCC1.CC1(CO)CCC1.CCOC(=O)C1(C)CCC1.CCOC(=O)C1CCC1.COC(=O)/C=C/C1(C)CCC1.COC(=O)CC(Nc1nc(Cl)ncc1F)C1(C)CCC1.COC(=O)CC([NH3+])C1(C)CCC1.[B]c1cn(S(=O)(=O)c2ccc(C)cc2)c2ncc(F)cc12.[Cl-]. The molecule has 10 aliphatic rings. The van der Waals surface area contributed by atoms with Crippen molar-refractivity contribution in [3.05, 3.63) is 132 Å². The number of aliphatic hydroxyl groups excluding tert-OH is 1. The Balaban J connectivity index is 0.000000406. The van der Waals surface area contributed by atoms with Crippen molar-refractivity contribution in [1.82, 2.24) is 24.0 Å². The highest BCUT2D eigenvalue weighted by molar-refractivity contribution is 7.90. The van der Waals surface area contributed by atoms with E-state index >= 15 is 0 Å². The molecule has 10 fully saturated rings. The third-order valence-corrected chi connectivity index (χ3v) is 31.3. The van der Waals surface area contributed by atoms with Gasteiger partial charge in [0.15, 0.2) is 17.3 Å². The van der Waals surface area contributed by atoms with Gasteiger partial charge in [-0.05, 0) is 233 Å². The molecule has 0 spiro atoms. The van der Waals surface area contributed by atoms with Crippen LogP contribution < -0.4 is 34.7 Å². The van der Waals surface area contributed by atoms with Crippen LogP contribution in [0, 0.1) is 67.8 Å². The summed E-state index contributed by atoms with van der Waals surface area (Å²) in [6.07, 6.45) is 42.0. The normalized spacial score (nSPS) is 19.5. The molecule has 4 unspecified atom stereocenters. The number of hydrogen-bond donors (Lipinski definition) is 7. The lowest BCUT2D eigenvalue weighted by Gasteiger charge is -2.45. The van der Waals surface area contributed by atoms with Crippen LogP contribution in [0.15, 0.2) is 109 Å². The van der Waals surface area contributed by atoms with Crippen LogP contribution >= 0.6 is 11.6 Å². The number of halogens is 4. The Morgan fingerprint density at radius 1 is 0.690 bits per heavy atom. The predicted octanol–water partition coefficient (Wildman–Crippen LogP) is 14.4. The van der Waals surface area contributed by atoms with E-state index < -0.39 is 38.8 Å². The summed E-state index contributed by atoms with van der Waals surface area (Å²) in [5.41, 5.74) is 11.3. The van der Waals surface area contributed by atoms with Crippen LogP contribution in [-0.2, 0) is 93.0 Å². The summed E-state index contributed by atoms with van der Waals surface area (Å²) in [4.78, 5) is 114. The van der Waals surface area contributed by atoms with Gasteiger partial charge in [-0.15, -0.1) is 11.6 Å². The highest BCUT2D eigenvalue weighted by atomic mass is 35.5. The zero-order valence-corrected chi connectivity index (χ0v) is 89.8. The molecule has 0 amide bonds. The number of carbonyl (C=O) groups excluding carboxylic acids is 8. The van der Waals surface area contributed by atoms with E-state index in [4.69, 9.17) is 64.7 Å². The minimum Gasteiger partial charge on any atom is -1.00 e. The van der Waals surface area contributed by atoms with E-state index in [0.29, 0.717) is 56.5 Å². The standard InChI is InChI=1S/C15H19NO2.C14H10BFN2O2S.C13H17ClFN3O2.C9H17NO2.C9H14O2.C8H15NO2.C8H14O2.C7H12O2.C6H14O2.C6H12O.C6H10O.C5H8O2.ClH/c1-15(8-5-9-15)13-10-14(17)18-16(13)11-12-6-3-2-4-7-12;1-9-2-4-11(5-3-9)21(19,20)18-8-13(15)12-6-10(16)7-17-14(12)18;1-13(4-3-5-13)9(6-10(19)20-2)17-11-8(15)7-16-12(14)18-11;1-9(4-3-5-9)7(10)6-8(11)12-2;1-9(5-3-6-9)7-4-8(10)11-2;1-8(3-2-4-8)6(9)5-7(10)11;1-3-10-7(9)8(2)5-4-6-8;1-2-9-7(8)6-4-3-5-6;1-5(2,7)6(3,4)8;2*1-6(5-7)3-2-4-6;1-3-4-5(6)7-2;/h2-4,6-7,13H,5,8-11H2,1H3;2-8H,1H3;7,9H,3-6H2,1-2H3,(H,16,17,18);7H,3-6,10H2,1-2H3;4,7H,3,5-6H2,1-2H3;6H,2-5,9H2,1H3,(H,10,11);3-6H2,1-2H3;6H,2-5H2,1H3;7-8H,1-4H3;7H,2-5H2,1H3;5H,2-4H2,1H3;3H,1,4H2,2H3;1H/b;;;;7-4+;;;;;;;;. The van der Waals surface area contributed by atoms with Crippen molar-refractivity contribution < 1.29 is 132 Å². The number of allylic oxidation sites excluding steroid dienone is 1. The Labute approximate surface area is 853 Å². The topological polar surface area (TPSA) is 446 Å². The molecule has 2 radical (unpaired) electrons. The van der Waals surface area contributed by atoms with Gasteiger partial charge in [0.1, 0.15) is 26.0 Å². The molecule has 10 N–H and O–H groups in total. The quantitative estimate of drug-likeness (QED) is 0.00488. The zero-order valence-electron chi connectivity index (χ0n) is 87.5. The summed E-state index contributed by atoms with van der Waals surface area (Å²) in [6, 6.07) is 17.9. The van der Waals surface area contributed by atoms with E-state index in [9.17, 15) is 60.3 Å². The average Bonchev–Trinajstić information content (AvgIpc) is 1.60. The number of esters is 6. The number of aliphatic hydroxyl groups is 3. The molecule has 5 aromatic rings. The molecule has 4 heterocycles. The van der Waals surface area contributed by atoms with Crippen LogP contribution in [0.4, 0.5) is 14.6 Å². The minimum absolute atomic E-state index is 0. The molecular formula is C106H163BCl2F2N8O22S. The number of quaternary nitrogens is 1. The zero-order chi connectivity index (χ0) is 106. The van der Waals surface area contributed by atoms with E-state index in [2.05, 4.69) is 100 Å². The summed E-state index contributed by atoms with van der Waals surface area (Å²) in [5.74, 6) is -2.74. The van der Waals surface area contributed by atoms with Gasteiger partial charge in [0.2, 0.25) is 5.28 Å². The summed E-state index contributed by atoms with van der Waals surface area (Å²) in [7, 11) is 7.45. The van der Waals surface area contributed by atoms with E-state index in [1.165, 1.54) is 173 Å². The maximum Gasteiger partial charge on any atom is 0.330 e. The second-order valence-corrected chi connectivity index (χ2v) is 44.2. The molecule has 9 aliphatic carbocycles. The number of ether oxygens (including phenoxy) is 6. The molecule has 1 aliphatic heterocycles. The summed E-state index contributed by atoms with van der Waals surface area (Å²) in [5, 5.41) is 40.5. The van der Waals surface area contributed by atoms with E-state index in [-0.39, 0.29) is 162 Å². The van der Waals surface area contributed by atoms with Gasteiger partial charge in [0.25, 0.3) is 10.0 Å². The maximum absolute atomic E-state index is 13.7. The number of hydroxylamine groups is 2. The van der Waals surface area contributed by atoms with Crippen molar-refractivity contribution in [2.24, 2.45) is 55.0 Å². The smallest absolute Gasteiger partial charge is 0.330 e. The van der Waals surface area contributed by atoms with E-state index in [0.717, 1.165) is 98.8 Å². The number of anilines is 1.